The summed E-state index contributed by atoms with van der Waals surface area (Å²) in [5.74, 6) is 0.886. The van der Waals surface area contributed by atoms with Gasteiger partial charge in [0.15, 0.2) is 5.96 Å². The number of methoxy groups -OCH3 is 1. The first kappa shape index (κ1) is 20.1. The summed E-state index contributed by atoms with van der Waals surface area (Å²) in [7, 11) is 3.07. The summed E-state index contributed by atoms with van der Waals surface area (Å²) < 4.78 is 10.3. The van der Waals surface area contributed by atoms with Crippen molar-refractivity contribution in [2.45, 2.75) is 20.0 Å². The largest absolute Gasteiger partial charge is 0.465 e. The fraction of sp³-hybridized carbons (Fsp3) is 0.227. The number of aromatic nitrogens is 1. The number of hydrogen-bond donors (Lipinski definition) is 2. The Morgan fingerprint density at radius 3 is 2.41 bits per heavy atom. The minimum Gasteiger partial charge on any atom is -0.465 e. The Morgan fingerprint density at radius 2 is 1.76 bits per heavy atom. The van der Waals surface area contributed by atoms with Crippen molar-refractivity contribution in [2.75, 3.05) is 14.2 Å². The van der Waals surface area contributed by atoms with Crippen molar-refractivity contribution in [1.29, 1.82) is 0 Å². The quantitative estimate of drug-likeness (QED) is 0.380. The predicted molar refractivity (Wildman–Crippen MR) is 111 cm³/mol. The maximum atomic E-state index is 11.5. The van der Waals surface area contributed by atoms with E-state index < -0.39 is 0 Å². The van der Waals surface area contributed by atoms with Crippen LogP contribution in [0.3, 0.4) is 0 Å². The molecule has 29 heavy (non-hydrogen) atoms. The average molecular weight is 392 g/mol. The van der Waals surface area contributed by atoms with Gasteiger partial charge in [-0.25, -0.2) is 9.78 Å². The van der Waals surface area contributed by atoms with Crippen LogP contribution in [0.25, 0.3) is 11.5 Å². The molecule has 150 valence electrons. The van der Waals surface area contributed by atoms with Gasteiger partial charge in [0.25, 0.3) is 0 Å². The Bertz CT molecular complexity index is 976. The molecule has 1 aromatic heterocycles. The number of nitrogens with one attached hydrogen (secondary N) is 2. The Hall–Kier alpha value is -3.61. The van der Waals surface area contributed by atoms with Crippen LogP contribution in [0.1, 0.15) is 27.2 Å². The third-order valence-electron chi connectivity index (χ3n) is 4.35. The maximum Gasteiger partial charge on any atom is 0.337 e. The minimum absolute atomic E-state index is 0.348. The average Bonchev–Trinajstić information content (AvgIpc) is 3.23. The van der Waals surface area contributed by atoms with E-state index >= 15 is 0 Å². The lowest BCUT2D eigenvalue weighted by atomic mass is 10.1. The lowest BCUT2D eigenvalue weighted by Crippen LogP contribution is -2.36. The normalized spacial score (nSPS) is 11.2. The Labute approximate surface area is 169 Å². The zero-order valence-electron chi connectivity index (χ0n) is 16.7. The molecule has 3 rings (SSSR count). The molecular weight excluding hydrogens is 368 g/mol. The van der Waals surface area contributed by atoms with Gasteiger partial charge in [-0.3, -0.25) is 4.99 Å². The third-order valence-corrected chi connectivity index (χ3v) is 4.35. The fourth-order valence-corrected chi connectivity index (χ4v) is 2.67. The molecule has 0 radical (unpaired) electrons. The van der Waals surface area contributed by atoms with Crippen LogP contribution < -0.4 is 10.6 Å². The molecule has 2 N–H and O–H groups in total. The van der Waals surface area contributed by atoms with Crippen molar-refractivity contribution in [1.82, 2.24) is 15.6 Å². The molecule has 0 saturated carbocycles. The van der Waals surface area contributed by atoms with E-state index in [1.165, 1.54) is 12.7 Å². The van der Waals surface area contributed by atoms with Gasteiger partial charge < -0.3 is 19.8 Å². The molecule has 0 atom stereocenters. The highest BCUT2D eigenvalue weighted by Crippen LogP contribution is 2.19. The molecule has 7 nitrogen and oxygen atoms in total. The number of oxazole rings is 1. The van der Waals surface area contributed by atoms with Crippen molar-refractivity contribution in [3.63, 3.8) is 0 Å². The van der Waals surface area contributed by atoms with Gasteiger partial charge in [0.2, 0.25) is 5.89 Å². The number of aryl methyl sites for hydroxylation is 1. The number of hydrogen-bond acceptors (Lipinski definition) is 5. The summed E-state index contributed by atoms with van der Waals surface area (Å²) in [6.45, 7) is 3.09. The lowest BCUT2D eigenvalue weighted by Gasteiger charge is -2.11. The molecule has 0 aliphatic carbocycles. The monoisotopic (exact) mass is 392 g/mol. The molecule has 0 unspecified atom stereocenters. The van der Waals surface area contributed by atoms with Crippen molar-refractivity contribution in [3.05, 3.63) is 77.2 Å². The van der Waals surface area contributed by atoms with E-state index in [0.717, 1.165) is 16.8 Å². The van der Waals surface area contributed by atoms with E-state index in [1.54, 1.807) is 25.4 Å². The van der Waals surface area contributed by atoms with Crippen molar-refractivity contribution in [3.8, 4) is 11.5 Å². The first-order valence-corrected chi connectivity index (χ1v) is 9.22. The summed E-state index contributed by atoms with van der Waals surface area (Å²) in [6.07, 6.45) is 1.64. The Morgan fingerprint density at radius 1 is 1.07 bits per heavy atom. The number of carbonyl (C=O) groups excluding carboxylic acids is 1. The van der Waals surface area contributed by atoms with Crippen molar-refractivity contribution >= 4 is 11.9 Å². The molecule has 0 aliphatic heterocycles. The van der Waals surface area contributed by atoms with Crippen LogP contribution in [0.15, 0.2) is 64.2 Å². The van der Waals surface area contributed by atoms with Gasteiger partial charge in [-0.2, -0.15) is 0 Å². The van der Waals surface area contributed by atoms with E-state index in [9.17, 15) is 4.79 Å². The Kier molecular flexibility index (Phi) is 6.63. The molecule has 2 aromatic carbocycles. The highest BCUT2D eigenvalue weighted by Gasteiger charge is 2.08. The highest BCUT2D eigenvalue weighted by atomic mass is 16.5. The van der Waals surface area contributed by atoms with Crippen LogP contribution in [-0.2, 0) is 17.8 Å². The summed E-state index contributed by atoms with van der Waals surface area (Å²) in [6, 6.07) is 15.3. The van der Waals surface area contributed by atoms with E-state index in [-0.39, 0.29) is 5.97 Å². The second kappa shape index (κ2) is 9.54. The highest BCUT2D eigenvalue weighted by molar-refractivity contribution is 5.89. The summed E-state index contributed by atoms with van der Waals surface area (Å²) in [5.41, 5.74) is 4.46. The number of nitrogens with zero attached hydrogens (tertiary/aromatic N) is 2. The topological polar surface area (TPSA) is 88.8 Å². The standard InChI is InChI=1S/C22H24N4O3/c1-15-4-8-17(9-5-15)20-26-19(14-29-20)13-25-22(23-2)24-12-16-6-10-18(11-7-16)21(27)28-3/h4-11,14H,12-13H2,1-3H3,(H2,23,24,25). The fourth-order valence-electron chi connectivity index (χ4n) is 2.67. The molecule has 0 aliphatic rings. The Balaban J connectivity index is 1.52. The smallest absolute Gasteiger partial charge is 0.337 e. The molecule has 0 fully saturated rings. The number of aliphatic imine (C=N–C) groups is 1. The molecule has 0 bridgehead atoms. The van der Waals surface area contributed by atoms with E-state index in [1.807, 2.05) is 43.3 Å². The van der Waals surface area contributed by atoms with Gasteiger partial charge >= 0.3 is 5.97 Å². The molecular formula is C22H24N4O3. The second-order valence-corrected chi connectivity index (χ2v) is 6.48. The van der Waals surface area contributed by atoms with E-state index in [2.05, 4.69) is 20.6 Å². The summed E-state index contributed by atoms with van der Waals surface area (Å²) >= 11 is 0. The number of ether oxygens (including phenoxy) is 1. The molecule has 0 spiro atoms. The first-order chi connectivity index (χ1) is 14.1. The number of esters is 1. The maximum absolute atomic E-state index is 11.5. The first-order valence-electron chi connectivity index (χ1n) is 9.22. The number of carbonyl (C=O) groups is 1. The van der Waals surface area contributed by atoms with Gasteiger partial charge in [-0.1, -0.05) is 29.8 Å². The van der Waals surface area contributed by atoms with E-state index in [0.29, 0.717) is 30.5 Å². The summed E-state index contributed by atoms with van der Waals surface area (Å²) in [5, 5.41) is 6.44. The van der Waals surface area contributed by atoms with E-state index in [4.69, 9.17) is 9.15 Å². The molecule has 0 amide bonds. The SMILES string of the molecule is CN=C(NCc1ccc(C(=O)OC)cc1)NCc1coc(-c2ccc(C)cc2)n1. The molecule has 0 saturated heterocycles. The van der Waals surface area contributed by atoms with Crippen molar-refractivity contribution < 1.29 is 13.9 Å². The van der Waals surface area contributed by atoms with Crippen LogP contribution >= 0.6 is 0 Å². The zero-order valence-corrected chi connectivity index (χ0v) is 16.7. The molecule has 3 aromatic rings. The minimum atomic E-state index is -0.348. The van der Waals surface area contributed by atoms with Gasteiger partial charge in [0.05, 0.1) is 24.9 Å². The second-order valence-electron chi connectivity index (χ2n) is 6.48. The zero-order chi connectivity index (χ0) is 20.6. The number of benzene rings is 2. The third kappa shape index (κ3) is 5.44. The van der Waals surface area contributed by atoms with Crippen LogP contribution in [0.4, 0.5) is 0 Å². The van der Waals surface area contributed by atoms with Crippen molar-refractivity contribution in [2.24, 2.45) is 4.99 Å². The van der Waals surface area contributed by atoms with Crippen LogP contribution in [0.2, 0.25) is 0 Å². The van der Waals surface area contributed by atoms with Crippen LogP contribution in [-0.4, -0.2) is 31.1 Å². The van der Waals surface area contributed by atoms with Gasteiger partial charge in [0, 0.05) is 19.2 Å². The van der Waals surface area contributed by atoms with Gasteiger partial charge in [-0.15, -0.1) is 0 Å². The van der Waals surface area contributed by atoms with Crippen LogP contribution in [0.5, 0.6) is 0 Å². The molecule has 7 heteroatoms. The van der Waals surface area contributed by atoms with Gasteiger partial charge in [-0.05, 0) is 36.8 Å². The van der Waals surface area contributed by atoms with Gasteiger partial charge in [0.1, 0.15) is 6.26 Å². The number of guanidine groups is 1. The number of rotatable bonds is 6. The lowest BCUT2D eigenvalue weighted by molar-refractivity contribution is 0.0600. The summed E-state index contributed by atoms with van der Waals surface area (Å²) in [4.78, 5) is 20.2. The molecule has 1 heterocycles. The van der Waals surface area contributed by atoms with Crippen LogP contribution in [0, 0.1) is 6.92 Å². The predicted octanol–water partition coefficient (Wildman–Crippen LogP) is 3.30.